The topological polar surface area (TPSA) is 192 Å². The molecule has 0 aromatic rings. The maximum atomic E-state index is 12.8. The molecule has 0 bridgehead atoms. The van der Waals surface area contributed by atoms with Crippen molar-refractivity contribution in [3.8, 4) is 0 Å². The SMILES string of the molecule is C/C=C(\C)C[C@@H](C)CC/C=C(\C)C(=O)OCC(=O)N[C@@H](C)C(=O)N(C)CC(=O)N(C)CC(=O)NC(C(=O)N[C@H](C)C(=O)O)C(C)CC. The van der Waals surface area contributed by atoms with Crippen LogP contribution in [-0.2, 0) is 38.3 Å². The second-order valence-corrected chi connectivity index (χ2v) is 12.2. The summed E-state index contributed by atoms with van der Waals surface area (Å²) in [6.45, 7) is 12.7. The average molecular weight is 666 g/mol. The fraction of sp³-hybridized carbons (Fsp3) is 0.667. The van der Waals surface area contributed by atoms with Gasteiger partial charge in [-0.2, -0.15) is 0 Å². The van der Waals surface area contributed by atoms with Gasteiger partial charge in [-0.25, -0.2) is 4.79 Å². The van der Waals surface area contributed by atoms with Gasteiger partial charge in [0.05, 0.1) is 13.1 Å². The van der Waals surface area contributed by atoms with Gasteiger partial charge in [0.25, 0.3) is 5.91 Å². The Morgan fingerprint density at radius 3 is 2.02 bits per heavy atom. The highest BCUT2D eigenvalue weighted by molar-refractivity contribution is 5.94. The van der Waals surface area contributed by atoms with E-state index < -0.39 is 79.3 Å². The minimum absolute atomic E-state index is 0.318. The number of rotatable bonds is 20. The van der Waals surface area contributed by atoms with E-state index in [1.165, 1.54) is 33.5 Å². The zero-order chi connectivity index (χ0) is 36.4. The van der Waals surface area contributed by atoms with E-state index in [2.05, 4.69) is 35.9 Å². The highest BCUT2D eigenvalue weighted by Gasteiger charge is 2.29. The number of likely N-dealkylation sites (N-methyl/N-ethyl adjacent to an activating group) is 2. The van der Waals surface area contributed by atoms with Crippen molar-refractivity contribution in [2.24, 2.45) is 11.8 Å². The number of carbonyl (C=O) groups is 7. The van der Waals surface area contributed by atoms with Crippen LogP contribution < -0.4 is 16.0 Å². The normalized spacial score (nSPS) is 14.9. The summed E-state index contributed by atoms with van der Waals surface area (Å²) < 4.78 is 5.07. The first-order valence-electron chi connectivity index (χ1n) is 15.9. The molecule has 266 valence electrons. The molecule has 0 saturated carbocycles. The van der Waals surface area contributed by atoms with Gasteiger partial charge in [-0.05, 0) is 65.7 Å². The monoisotopic (exact) mass is 665 g/mol. The summed E-state index contributed by atoms with van der Waals surface area (Å²) in [5.74, 6) is -4.86. The first-order chi connectivity index (χ1) is 21.8. The molecule has 14 nitrogen and oxygen atoms in total. The fourth-order valence-electron chi connectivity index (χ4n) is 4.35. The Labute approximate surface area is 278 Å². The van der Waals surface area contributed by atoms with Crippen LogP contribution in [-0.4, -0.2) is 108 Å². The molecule has 0 aliphatic carbocycles. The lowest BCUT2D eigenvalue weighted by molar-refractivity contribution is -0.146. The molecule has 0 heterocycles. The average Bonchev–Trinajstić information content (AvgIpc) is 3.00. The Balaban J connectivity index is 4.85. The van der Waals surface area contributed by atoms with E-state index in [0.29, 0.717) is 24.3 Å². The van der Waals surface area contributed by atoms with Crippen molar-refractivity contribution in [3.05, 3.63) is 23.3 Å². The standard InChI is InChI=1S/C33H55N5O9/c1-11-20(3)16-21(4)14-13-15-23(6)33(46)47-19-27(40)34-24(7)31(43)38(10)18-28(41)37(9)17-26(39)36-29(22(5)12-2)30(42)35-25(8)32(44)45/h11,15,21-22,24-25,29H,12-14,16-19H2,1-10H3,(H,34,40)(H,35,42)(H,36,39)(H,44,45)/b20-11+,23-15+/t21-,22?,24-,25+,29?/m0/s1. The van der Waals surface area contributed by atoms with Crippen LogP contribution in [0.2, 0.25) is 0 Å². The van der Waals surface area contributed by atoms with E-state index in [0.717, 1.165) is 22.6 Å². The number of aliphatic carboxylic acids is 1. The molecule has 2 unspecified atom stereocenters. The van der Waals surface area contributed by atoms with Crippen molar-refractivity contribution >= 4 is 41.5 Å². The van der Waals surface area contributed by atoms with Crippen molar-refractivity contribution in [1.29, 1.82) is 0 Å². The molecule has 0 aromatic heterocycles. The molecule has 0 fully saturated rings. The molecule has 47 heavy (non-hydrogen) atoms. The van der Waals surface area contributed by atoms with Gasteiger partial charge in [0.2, 0.25) is 23.6 Å². The number of carboxylic acid groups (broad SMARTS) is 1. The molecule has 5 atom stereocenters. The van der Waals surface area contributed by atoms with Crippen LogP contribution in [0.3, 0.4) is 0 Å². The number of amides is 5. The second-order valence-electron chi connectivity index (χ2n) is 12.2. The van der Waals surface area contributed by atoms with Crippen LogP contribution in [0, 0.1) is 11.8 Å². The van der Waals surface area contributed by atoms with Crippen molar-refractivity contribution < 1.29 is 43.4 Å². The summed E-state index contributed by atoms with van der Waals surface area (Å²) in [7, 11) is 2.71. The molecule has 4 N–H and O–H groups in total. The fourth-order valence-corrected chi connectivity index (χ4v) is 4.35. The first-order valence-corrected chi connectivity index (χ1v) is 15.9. The molecule has 0 rings (SSSR count). The Bertz CT molecular complexity index is 1180. The van der Waals surface area contributed by atoms with Crippen LogP contribution in [0.5, 0.6) is 0 Å². The molecule has 0 aliphatic heterocycles. The summed E-state index contributed by atoms with van der Waals surface area (Å²) in [6.07, 6.45) is 6.98. The minimum atomic E-state index is -1.22. The van der Waals surface area contributed by atoms with Crippen molar-refractivity contribution in [2.75, 3.05) is 33.8 Å². The highest BCUT2D eigenvalue weighted by atomic mass is 16.5. The summed E-state index contributed by atoms with van der Waals surface area (Å²) >= 11 is 0. The van der Waals surface area contributed by atoms with Gasteiger partial charge in [0.1, 0.15) is 18.1 Å². The van der Waals surface area contributed by atoms with E-state index in [9.17, 15) is 33.6 Å². The molecular weight excluding hydrogens is 610 g/mol. The van der Waals surface area contributed by atoms with Gasteiger partial charge < -0.3 is 35.6 Å². The van der Waals surface area contributed by atoms with Gasteiger partial charge in [-0.1, -0.05) is 44.9 Å². The summed E-state index contributed by atoms with van der Waals surface area (Å²) in [5.41, 5.74) is 1.70. The number of hydrogen-bond donors (Lipinski definition) is 4. The highest BCUT2D eigenvalue weighted by Crippen LogP contribution is 2.17. The summed E-state index contributed by atoms with van der Waals surface area (Å²) in [4.78, 5) is 88.7. The van der Waals surface area contributed by atoms with E-state index >= 15 is 0 Å². The Kier molecular flexibility index (Phi) is 19.6. The van der Waals surface area contributed by atoms with Gasteiger partial charge in [0, 0.05) is 19.7 Å². The number of carboxylic acids is 1. The molecular formula is C33H55N5O9. The number of allylic oxidation sites excluding steroid dienone is 3. The second kappa shape index (κ2) is 21.5. The summed E-state index contributed by atoms with van der Waals surface area (Å²) in [5, 5.41) is 16.4. The molecule has 0 aliphatic rings. The third kappa shape index (κ3) is 16.8. The lowest BCUT2D eigenvalue weighted by Crippen LogP contribution is -2.55. The van der Waals surface area contributed by atoms with Gasteiger partial charge in [-0.3, -0.25) is 28.8 Å². The lowest BCUT2D eigenvalue weighted by atomic mass is 9.97. The zero-order valence-corrected chi connectivity index (χ0v) is 29.6. The molecule has 0 aromatic carbocycles. The zero-order valence-electron chi connectivity index (χ0n) is 29.6. The van der Waals surface area contributed by atoms with Crippen LogP contribution in [0.25, 0.3) is 0 Å². The number of carbonyl (C=O) groups excluding carboxylic acids is 6. The largest absolute Gasteiger partial charge is 0.480 e. The molecule has 0 radical (unpaired) electrons. The van der Waals surface area contributed by atoms with Crippen LogP contribution in [0.4, 0.5) is 0 Å². The lowest BCUT2D eigenvalue weighted by Gasteiger charge is -2.27. The Morgan fingerprint density at radius 1 is 0.851 bits per heavy atom. The summed E-state index contributed by atoms with van der Waals surface area (Å²) in [6, 6.07) is -3.20. The molecule has 0 saturated heterocycles. The first kappa shape index (κ1) is 42.8. The Hall–Kier alpha value is -4.23. The number of nitrogens with one attached hydrogen (secondary N) is 3. The van der Waals surface area contributed by atoms with Crippen LogP contribution in [0.1, 0.15) is 81.1 Å². The van der Waals surface area contributed by atoms with Gasteiger partial charge in [-0.15, -0.1) is 0 Å². The third-order valence-electron chi connectivity index (χ3n) is 7.77. The minimum Gasteiger partial charge on any atom is -0.480 e. The van der Waals surface area contributed by atoms with Crippen molar-refractivity contribution in [1.82, 2.24) is 25.8 Å². The molecule has 5 amide bonds. The van der Waals surface area contributed by atoms with E-state index in [1.807, 2.05) is 13.8 Å². The van der Waals surface area contributed by atoms with Crippen LogP contribution in [0.15, 0.2) is 23.3 Å². The molecule has 14 heteroatoms. The smallest absolute Gasteiger partial charge is 0.333 e. The predicted octanol–water partition coefficient (Wildman–Crippen LogP) is 1.79. The number of ether oxygens (including phenoxy) is 1. The number of nitrogens with zero attached hydrogens (tertiary/aromatic N) is 2. The maximum absolute atomic E-state index is 12.8. The Morgan fingerprint density at radius 2 is 1.47 bits per heavy atom. The quantitative estimate of drug-likeness (QED) is 0.0853. The van der Waals surface area contributed by atoms with Crippen molar-refractivity contribution in [3.63, 3.8) is 0 Å². The number of hydrogen-bond acceptors (Lipinski definition) is 8. The van der Waals surface area contributed by atoms with Gasteiger partial charge >= 0.3 is 11.9 Å². The van der Waals surface area contributed by atoms with E-state index in [-0.39, 0.29) is 5.92 Å². The van der Waals surface area contributed by atoms with Gasteiger partial charge in [0.15, 0.2) is 6.61 Å². The predicted molar refractivity (Wildman–Crippen MR) is 177 cm³/mol. The van der Waals surface area contributed by atoms with Crippen molar-refractivity contribution in [2.45, 2.75) is 99.2 Å². The maximum Gasteiger partial charge on any atom is 0.333 e. The number of esters is 1. The van der Waals surface area contributed by atoms with E-state index in [1.54, 1.807) is 19.9 Å². The molecule has 0 spiro atoms. The third-order valence-corrected chi connectivity index (χ3v) is 7.77. The van der Waals surface area contributed by atoms with E-state index in [4.69, 9.17) is 9.84 Å². The van der Waals surface area contributed by atoms with Crippen LogP contribution >= 0.6 is 0 Å².